The first kappa shape index (κ1) is 14.5. The van der Waals surface area contributed by atoms with Crippen molar-refractivity contribution in [3.8, 4) is 0 Å². The van der Waals surface area contributed by atoms with Crippen LogP contribution in [0.3, 0.4) is 0 Å². The summed E-state index contributed by atoms with van der Waals surface area (Å²) >= 11 is 0. The second-order valence-corrected chi connectivity index (χ2v) is 3.98. The Bertz CT molecular complexity index is 687. The van der Waals surface area contributed by atoms with Crippen LogP contribution in [-0.2, 0) is 11.2 Å². The molecule has 0 saturated carbocycles. The highest BCUT2D eigenvalue weighted by molar-refractivity contribution is 5.98. The molecule has 0 saturated heterocycles. The van der Waals surface area contributed by atoms with E-state index >= 15 is 0 Å². The van der Waals surface area contributed by atoms with Crippen LogP contribution in [0.25, 0.3) is 0 Å². The first-order valence-corrected chi connectivity index (χ1v) is 5.76. The lowest BCUT2D eigenvalue weighted by molar-refractivity contribution is -0.115. The molecule has 0 spiro atoms. The predicted molar refractivity (Wildman–Crippen MR) is 67.7 cm³/mol. The number of hydrogen-bond donors (Lipinski definition) is 2. The van der Waals surface area contributed by atoms with Crippen LogP contribution in [0.2, 0.25) is 0 Å². The summed E-state index contributed by atoms with van der Waals surface area (Å²) in [6, 6.07) is 3.23. The molecule has 1 amide bonds. The van der Waals surface area contributed by atoms with Crippen LogP contribution in [0.15, 0.2) is 30.6 Å². The average molecular weight is 293 g/mol. The Labute approximate surface area is 117 Å². The van der Waals surface area contributed by atoms with E-state index < -0.39 is 41.2 Å². The largest absolute Gasteiger partial charge is 0.476 e. The number of benzene rings is 1. The van der Waals surface area contributed by atoms with Crippen LogP contribution in [0, 0.1) is 11.6 Å². The zero-order valence-electron chi connectivity index (χ0n) is 10.5. The van der Waals surface area contributed by atoms with Gasteiger partial charge in [0.1, 0.15) is 11.6 Å². The molecule has 2 N–H and O–H groups in total. The number of halogens is 2. The number of carbonyl (C=O) groups is 2. The second-order valence-electron chi connectivity index (χ2n) is 3.98. The van der Waals surface area contributed by atoms with Gasteiger partial charge in [-0.25, -0.2) is 23.5 Å². The highest BCUT2D eigenvalue weighted by Gasteiger charge is 2.17. The molecule has 0 bridgehead atoms. The number of aromatic carboxylic acids is 1. The third kappa shape index (κ3) is 3.35. The summed E-state index contributed by atoms with van der Waals surface area (Å²) in [4.78, 5) is 29.9. The summed E-state index contributed by atoms with van der Waals surface area (Å²) in [5.74, 6) is -4.19. The van der Waals surface area contributed by atoms with Gasteiger partial charge in [0.05, 0.1) is 6.42 Å². The maximum atomic E-state index is 13.4. The number of carboxylic acids is 1. The van der Waals surface area contributed by atoms with Crippen LogP contribution in [0.1, 0.15) is 16.1 Å². The van der Waals surface area contributed by atoms with Crippen molar-refractivity contribution in [2.45, 2.75) is 6.42 Å². The van der Waals surface area contributed by atoms with Crippen molar-refractivity contribution in [2.24, 2.45) is 0 Å². The third-order valence-electron chi connectivity index (χ3n) is 2.56. The Morgan fingerprint density at radius 1 is 1.14 bits per heavy atom. The molecule has 0 radical (unpaired) electrons. The van der Waals surface area contributed by atoms with Gasteiger partial charge in [0, 0.05) is 18.0 Å². The first-order valence-electron chi connectivity index (χ1n) is 5.76. The number of amides is 1. The molecule has 21 heavy (non-hydrogen) atoms. The monoisotopic (exact) mass is 293 g/mol. The lowest BCUT2D eigenvalue weighted by Gasteiger charge is -2.07. The normalized spacial score (nSPS) is 10.2. The standard InChI is InChI=1S/C13H9F2N3O3/c14-8-2-1-3-9(15)7(8)6-10(19)18-12-11(13(20)21)16-4-5-17-12/h1-5H,6H2,(H,20,21)(H,17,18,19). The number of anilines is 1. The Balaban J connectivity index is 2.18. The molecule has 2 aromatic rings. The molecule has 0 aliphatic carbocycles. The van der Waals surface area contributed by atoms with Crippen LogP contribution in [-0.4, -0.2) is 27.0 Å². The van der Waals surface area contributed by atoms with E-state index in [-0.39, 0.29) is 5.82 Å². The molecule has 6 nitrogen and oxygen atoms in total. The fourth-order valence-corrected chi connectivity index (χ4v) is 1.62. The molecular weight excluding hydrogens is 284 g/mol. The minimum Gasteiger partial charge on any atom is -0.476 e. The van der Waals surface area contributed by atoms with E-state index in [1.807, 2.05) is 0 Å². The van der Waals surface area contributed by atoms with Crippen molar-refractivity contribution >= 4 is 17.7 Å². The number of rotatable bonds is 4. The molecule has 0 atom stereocenters. The minimum absolute atomic E-state index is 0.285. The van der Waals surface area contributed by atoms with E-state index in [1.165, 1.54) is 12.3 Å². The second kappa shape index (κ2) is 6.04. The van der Waals surface area contributed by atoms with Gasteiger partial charge in [-0.05, 0) is 12.1 Å². The third-order valence-corrected chi connectivity index (χ3v) is 2.56. The molecule has 1 heterocycles. The highest BCUT2D eigenvalue weighted by Crippen LogP contribution is 2.14. The zero-order chi connectivity index (χ0) is 15.4. The lowest BCUT2D eigenvalue weighted by Crippen LogP contribution is -2.19. The number of nitrogens with zero attached hydrogens (tertiary/aromatic N) is 2. The summed E-state index contributed by atoms with van der Waals surface area (Å²) in [7, 11) is 0. The summed E-state index contributed by atoms with van der Waals surface area (Å²) in [5, 5.41) is 11.1. The number of carbonyl (C=O) groups excluding carboxylic acids is 1. The van der Waals surface area contributed by atoms with E-state index in [1.54, 1.807) is 0 Å². The summed E-state index contributed by atoms with van der Waals surface area (Å²) in [6.45, 7) is 0. The first-order chi connectivity index (χ1) is 9.99. The molecule has 1 aromatic carbocycles. The van der Waals surface area contributed by atoms with Crippen LogP contribution in [0.5, 0.6) is 0 Å². The molecule has 2 rings (SSSR count). The molecular formula is C13H9F2N3O3. The SMILES string of the molecule is O=C(Cc1c(F)cccc1F)Nc1nccnc1C(=O)O. The van der Waals surface area contributed by atoms with Gasteiger partial charge in [0.25, 0.3) is 0 Å². The predicted octanol–water partition coefficient (Wildman–Crippen LogP) is 1.63. The molecule has 8 heteroatoms. The van der Waals surface area contributed by atoms with Gasteiger partial charge < -0.3 is 10.4 Å². The van der Waals surface area contributed by atoms with Gasteiger partial charge in [-0.1, -0.05) is 6.07 Å². The van der Waals surface area contributed by atoms with Gasteiger partial charge in [-0.2, -0.15) is 0 Å². The Kier molecular flexibility index (Phi) is 4.17. The summed E-state index contributed by atoms with van der Waals surface area (Å²) < 4.78 is 26.8. The Hall–Kier alpha value is -2.90. The minimum atomic E-state index is -1.38. The van der Waals surface area contributed by atoms with E-state index in [0.717, 1.165) is 18.3 Å². The van der Waals surface area contributed by atoms with Gasteiger partial charge >= 0.3 is 5.97 Å². The lowest BCUT2D eigenvalue weighted by atomic mass is 10.1. The molecule has 108 valence electrons. The number of aromatic nitrogens is 2. The fraction of sp³-hybridized carbons (Fsp3) is 0.0769. The van der Waals surface area contributed by atoms with Crippen molar-refractivity contribution < 1.29 is 23.5 Å². The van der Waals surface area contributed by atoms with E-state index in [2.05, 4.69) is 15.3 Å². The molecule has 1 aromatic heterocycles. The molecule has 0 aliphatic heterocycles. The average Bonchev–Trinajstić information content (AvgIpc) is 2.43. The Morgan fingerprint density at radius 2 is 1.76 bits per heavy atom. The van der Waals surface area contributed by atoms with Gasteiger partial charge in [-0.3, -0.25) is 4.79 Å². The smallest absolute Gasteiger partial charge is 0.358 e. The van der Waals surface area contributed by atoms with Crippen molar-refractivity contribution in [3.05, 3.63) is 53.5 Å². The summed E-state index contributed by atoms with van der Waals surface area (Å²) in [6.07, 6.45) is 1.75. The van der Waals surface area contributed by atoms with E-state index in [4.69, 9.17) is 5.11 Å². The van der Waals surface area contributed by atoms with Crippen molar-refractivity contribution in [3.63, 3.8) is 0 Å². The van der Waals surface area contributed by atoms with E-state index in [0.29, 0.717) is 0 Å². The summed E-state index contributed by atoms with van der Waals surface area (Å²) in [5.41, 5.74) is -0.865. The maximum absolute atomic E-state index is 13.4. The topological polar surface area (TPSA) is 92.2 Å². The number of carboxylic acid groups (broad SMARTS) is 1. The molecule has 0 aliphatic rings. The van der Waals surface area contributed by atoms with Crippen LogP contribution in [0.4, 0.5) is 14.6 Å². The fourth-order valence-electron chi connectivity index (χ4n) is 1.62. The van der Waals surface area contributed by atoms with Gasteiger partial charge in [0.15, 0.2) is 11.5 Å². The van der Waals surface area contributed by atoms with Crippen molar-refractivity contribution in [2.75, 3.05) is 5.32 Å². The van der Waals surface area contributed by atoms with Gasteiger partial charge in [0.2, 0.25) is 5.91 Å². The van der Waals surface area contributed by atoms with Crippen LogP contribution >= 0.6 is 0 Å². The Morgan fingerprint density at radius 3 is 2.38 bits per heavy atom. The molecule has 0 fully saturated rings. The number of hydrogen-bond acceptors (Lipinski definition) is 4. The quantitative estimate of drug-likeness (QED) is 0.894. The van der Waals surface area contributed by atoms with E-state index in [9.17, 15) is 18.4 Å². The number of nitrogens with one attached hydrogen (secondary N) is 1. The maximum Gasteiger partial charge on any atom is 0.358 e. The van der Waals surface area contributed by atoms with Gasteiger partial charge in [-0.15, -0.1) is 0 Å². The van der Waals surface area contributed by atoms with Crippen molar-refractivity contribution in [1.82, 2.24) is 9.97 Å². The zero-order valence-corrected chi connectivity index (χ0v) is 10.5. The molecule has 0 unspecified atom stereocenters. The van der Waals surface area contributed by atoms with Crippen LogP contribution < -0.4 is 5.32 Å². The highest BCUT2D eigenvalue weighted by atomic mass is 19.1. The van der Waals surface area contributed by atoms with Crippen molar-refractivity contribution in [1.29, 1.82) is 0 Å².